The van der Waals surface area contributed by atoms with Crippen LogP contribution in [-0.4, -0.2) is 18.5 Å². The number of epoxide rings is 1. The van der Waals surface area contributed by atoms with Gasteiger partial charge in [0, 0.05) is 0 Å². The van der Waals surface area contributed by atoms with Crippen LogP contribution in [-0.2, 0) is 9.53 Å². The highest BCUT2D eigenvalue weighted by Crippen LogP contribution is 2.27. The zero-order chi connectivity index (χ0) is 9.52. The lowest BCUT2D eigenvalue weighted by Crippen LogP contribution is -1.89. The van der Waals surface area contributed by atoms with Gasteiger partial charge in [-0.2, -0.15) is 0 Å². The number of unbranched alkanes of at least 4 members (excludes halogenated alkanes) is 1. The standard InChI is InChI=1S/C11H16O2/c1-2-3-7-10-11(13-10)8-5-4-6-9-12/h4-6,8-11H,2-3,7H2,1H3/b6-4+,8-5+/t10?,11-/m0/s1. The summed E-state index contributed by atoms with van der Waals surface area (Å²) in [6, 6.07) is 0. The Kier molecular flexibility index (Phi) is 4.47. The van der Waals surface area contributed by atoms with Gasteiger partial charge in [-0.05, 0) is 12.5 Å². The van der Waals surface area contributed by atoms with Crippen molar-refractivity contribution < 1.29 is 9.53 Å². The summed E-state index contributed by atoms with van der Waals surface area (Å²) in [5, 5.41) is 0. The van der Waals surface area contributed by atoms with Crippen molar-refractivity contribution in [2.75, 3.05) is 0 Å². The minimum atomic E-state index is 0.294. The van der Waals surface area contributed by atoms with Crippen LogP contribution in [0.4, 0.5) is 0 Å². The van der Waals surface area contributed by atoms with Crippen molar-refractivity contribution in [1.82, 2.24) is 0 Å². The van der Waals surface area contributed by atoms with Crippen molar-refractivity contribution in [3.63, 3.8) is 0 Å². The van der Waals surface area contributed by atoms with Gasteiger partial charge in [0.1, 0.15) is 12.4 Å². The summed E-state index contributed by atoms with van der Waals surface area (Å²) in [6.45, 7) is 2.18. The largest absolute Gasteiger partial charge is 0.365 e. The first-order valence-electron chi connectivity index (χ1n) is 4.82. The molecule has 1 aliphatic heterocycles. The van der Waals surface area contributed by atoms with Gasteiger partial charge < -0.3 is 4.74 Å². The van der Waals surface area contributed by atoms with Gasteiger partial charge in [0.15, 0.2) is 0 Å². The van der Waals surface area contributed by atoms with E-state index in [1.807, 2.05) is 12.2 Å². The summed E-state index contributed by atoms with van der Waals surface area (Å²) in [7, 11) is 0. The minimum Gasteiger partial charge on any atom is -0.365 e. The molecule has 0 aromatic rings. The molecular formula is C11H16O2. The predicted molar refractivity (Wildman–Crippen MR) is 52.5 cm³/mol. The first-order chi connectivity index (χ1) is 6.38. The Morgan fingerprint density at radius 3 is 2.85 bits per heavy atom. The normalized spacial score (nSPS) is 27.2. The Morgan fingerprint density at radius 1 is 1.31 bits per heavy atom. The maximum absolute atomic E-state index is 9.92. The third kappa shape index (κ3) is 4.04. The lowest BCUT2D eigenvalue weighted by Gasteiger charge is -1.88. The molecule has 2 atom stereocenters. The highest BCUT2D eigenvalue weighted by Gasteiger charge is 2.34. The van der Waals surface area contributed by atoms with Gasteiger partial charge in [-0.1, -0.05) is 38.0 Å². The molecule has 0 bridgehead atoms. The van der Waals surface area contributed by atoms with E-state index in [1.54, 1.807) is 6.08 Å². The lowest BCUT2D eigenvalue weighted by molar-refractivity contribution is -0.104. The van der Waals surface area contributed by atoms with Gasteiger partial charge in [-0.25, -0.2) is 0 Å². The fourth-order valence-electron chi connectivity index (χ4n) is 1.25. The van der Waals surface area contributed by atoms with Crippen LogP contribution in [0.5, 0.6) is 0 Å². The summed E-state index contributed by atoms with van der Waals surface area (Å²) < 4.78 is 5.39. The summed E-state index contributed by atoms with van der Waals surface area (Å²) >= 11 is 0. The summed E-state index contributed by atoms with van der Waals surface area (Å²) in [5.41, 5.74) is 0. The number of allylic oxidation sites excluding steroid dienone is 3. The third-order valence-corrected chi connectivity index (χ3v) is 2.07. The van der Waals surface area contributed by atoms with Crippen LogP contribution in [0.1, 0.15) is 26.2 Å². The number of hydrogen-bond donors (Lipinski definition) is 0. The van der Waals surface area contributed by atoms with Crippen LogP contribution in [0.15, 0.2) is 24.3 Å². The second-order valence-corrected chi connectivity index (χ2v) is 3.19. The molecule has 1 heterocycles. The zero-order valence-corrected chi connectivity index (χ0v) is 7.98. The van der Waals surface area contributed by atoms with Gasteiger partial charge in [0.25, 0.3) is 0 Å². The van der Waals surface area contributed by atoms with Gasteiger partial charge in [0.05, 0.1) is 6.10 Å². The number of ether oxygens (including phenoxy) is 1. The van der Waals surface area contributed by atoms with E-state index in [0.29, 0.717) is 12.2 Å². The second kappa shape index (κ2) is 5.70. The molecule has 1 unspecified atom stereocenters. The number of carbonyl (C=O) groups is 1. The SMILES string of the molecule is CCCCC1O[C@H]1/C=C/C=C/C=O. The quantitative estimate of drug-likeness (QED) is 0.271. The van der Waals surface area contributed by atoms with Crippen LogP contribution in [0, 0.1) is 0 Å². The molecule has 1 aliphatic rings. The Morgan fingerprint density at radius 2 is 2.15 bits per heavy atom. The van der Waals surface area contributed by atoms with E-state index in [9.17, 15) is 4.79 Å². The van der Waals surface area contributed by atoms with E-state index in [1.165, 1.54) is 18.9 Å². The van der Waals surface area contributed by atoms with Crippen molar-refractivity contribution >= 4 is 6.29 Å². The molecule has 0 N–H and O–H groups in total. The first kappa shape index (κ1) is 10.2. The maximum atomic E-state index is 9.92. The van der Waals surface area contributed by atoms with Crippen molar-refractivity contribution in [1.29, 1.82) is 0 Å². The minimum absolute atomic E-state index is 0.294. The molecule has 72 valence electrons. The average molecular weight is 180 g/mol. The molecule has 2 heteroatoms. The van der Waals surface area contributed by atoms with E-state index in [0.717, 1.165) is 12.7 Å². The summed E-state index contributed by atoms with van der Waals surface area (Å²) in [6.07, 6.45) is 12.2. The van der Waals surface area contributed by atoms with E-state index in [2.05, 4.69) is 6.92 Å². The summed E-state index contributed by atoms with van der Waals surface area (Å²) in [4.78, 5) is 9.92. The predicted octanol–water partition coefficient (Wildman–Crippen LogP) is 2.26. The first-order valence-corrected chi connectivity index (χ1v) is 4.82. The van der Waals surface area contributed by atoms with Crippen LogP contribution in [0.2, 0.25) is 0 Å². The Bertz CT molecular complexity index is 206. The molecule has 0 aromatic heterocycles. The van der Waals surface area contributed by atoms with E-state index in [4.69, 9.17) is 4.74 Å². The summed E-state index contributed by atoms with van der Waals surface area (Å²) in [5.74, 6) is 0. The van der Waals surface area contributed by atoms with E-state index in [-0.39, 0.29) is 0 Å². The second-order valence-electron chi connectivity index (χ2n) is 3.19. The molecule has 0 amide bonds. The van der Waals surface area contributed by atoms with Crippen molar-refractivity contribution in [3.8, 4) is 0 Å². The van der Waals surface area contributed by atoms with Gasteiger partial charge in [-0.15, -0.1) is 0 Å². The molecule has 0 aromatic carbocycles. The van der Waals surface area contributed by atoms with Crippen LogP contribution in [0.25, 0.3) is 0 Å². The fourth-order valence-corrected chi connectivity index (χ4v) is 1.25. The van der Waals surface area contributed by atoms with Crippen LogP contribution >= 0.6 is 0 Å². The monoisotopic (exact) mass is 180 g/mol. The van der Waals surface area contributed by atoms with Gasteiger partial charge in [0.2, 0.25) is 0 Å². The lowest BCUT2D eigenvalue weighted by atomic mass is 10.1. The molecule has 0 saturated carbocycles. The number of carbonyl (C=O) groups excluding carboxylic acids is 1. The molecule has 0 spiro atoms. The number of rotatable bonds is 6. The third-order valence-electron chi connectivity index (χ3n) is 2.07. The molecule has 1 saturated heterocycles. The highest BCUT2D eigenvalue weighted by molar-refractivity contribution is 5.65. The Balaban J connectivity index is 2.09. The van der Waals surface area contributed by atoms with Crippen LogP contribution in [0.3, 0.4) is 0 Å². The molecule has 1 fully saturated rings. The molecule has 13 heavy (non-hydrogen) atoms. The van der Waals surface area contributed by atoms with Crippen molar-refractivity contribution in [3.05, 3.63) is 24.3 Å². The molecule has 0 aliphatic carbocycles. The molecule has 2 nitrogen and oxygen atoms in total. The number of aldehydes is 1. The van der Waals surface area contributed by atoms with E-state index >= 15 is 0 Å². The topological polar surface area (TPSA) is 29.6 Å². The average Bonchev–Trinajstić information content (AvgIpc) is 2.88. The molecule has 1 rings (SSSR count). The van der Waals surface area contributed by atoms with Gasteiger partial charge >= 0.3 is 0 Å². The van der Waals surface area contributed by atoms with E-state index < -0.39 is 0 Å². The zero-order valence-electron chi connectivity index (χ0n) is 7.98. The van der Waals surface area contributed by atoms with Crippen LogP contribution < -0.4 is 0 Å². The van der Waals surface area contributed by atoms with Crippen molar-refractivity contribution in [2.24, 2.45) is 0 Å². The maximum Gasteiger partial charge on any atom is 0.142 e. The van der Waals surface area contributed by atoms with Crippen molar-refractivity contribution in [2.45, 2.75) is 38.4 Å². The smallest absolute Gasteiger partial charge is 0.142 e. The fraction of sp³-hybridized carbons (Fsp3) is 0.545. The molecular weight excluding hydrogens is 164 g/mol. The van der Waals surface area contributed by atoms with Gasteiger partial charge in [-0.3, -0.25) is 4.79 Å². The highest BCUT2D eigenvalue weighted by atomic mass is 16.6. The number of hydrogen-bond acceptors (Lipinski definition) is 2. The Hall–Kier alpha value is -0.890. The Labute approximate surface area is 79.3 Å². The molecule has 0 radical (unpaired) electrons.